The van der Waals surface area contributed by atoms with E-state index in [2.05, 4.69) is 9.62 Å². The Kier molecular flexibility index (Phi) is 6.46. The fourth-order valence-electron chi connectivity index (χ4n) is 2.64. The molecule has 0 aliphatic carbocycles. The minimum absolute atomic E-state index is 0.393. The van der Waals surface area contributed by atoms with Crippen LogP contribution in [0.5, 0.6) is 5.75 Å². The van der Waals surface area contributed by atoms with Gasteiger partial charge in [-0.2, -0.15) is 17.4 Å². The van der Waals surface area contributed by atoms with Crippen molar-refractivity contribution in [2.45, 2.75) is 25.1 Å². The maximum Gasteiger partial charge on any atom is 0.279 e. The zero-order valence-corrected chi connectivity index (χ0v) is 15.6. The van der Waals surface area contributed by atoms with Crippen LogP contribution in [-0.2, 0) is 16.8 Å². The van der Waals surface area contributed by atoms with Crippen molar-refractivity contribution in [1.82, 2.24) is 13.9 Å². The molecule has 1 aromatic rings. The van der Waals surface area contributed by atoms with Gasteiger partial charge in [0, 0.05) is 33.7 Å². The molecule has 7 nitrogen and oxygen atoms in total. The zero-order valence-electron chi connectivity index (χ0n) is 14.1. The van der Waals surface area contributed by atoms with E-state index < -0.39 is 22.4 Å². The molecule has 0 radical (unpaired) electrons. The number of rotatable bonds is 6. The van der Waals surface area contributed by atoms with Crippen LogP contribution >= 0.6 is 11.6 Å². The molecule has 0 amide bonds. The van der Waals surface area contributed by atoms with Gasteiger partial charge >= 0.3 is 0 Å². The Bertz CT molecular complexity index is 669. The molecule has 0 unspecified atom stereocenters. The molecule has 2 atom stereocenters. The number of aliphatic hydroxyl groups excluding tert-OH is 1. The molecule has 0 spiro atoms. The Hall–Kier alpha value is -0.900. The molecule has 1 heterocycles. The third kappa shape index (κ3) is 4.81. The molecule has 0 aromatic heterocycles. The van der Waals surface area contributed by atoms with Crippen LogP contribution in [0.3, 0.4) is 0 Å². The molecular formula is C15H24ClN3O4S. The number of likely N-dealkylation sites (tertiary alicyclic amines) is 1. The van der Waals surface area contributed by atoms with E-state index in [0.717, 1.165) is 9.87 Å². The fraction of sp³-hybridized carbons (Fsp3) is 0.600. The second-order valence-corrected chi connectivity index (χ2v) is 8.40. The van der Waals surface area contributed by atoms with Gasteiger partial charge in [0.1, 0.15) is 5.75 Å². The molecule has 136 valence electrons. The number of nitrogens with one attached hydrogen (secondary N) is 1. The molecule has 0 bridgehead atoms. The van der Waals surface area contributed by atoms with Crippen LogP contribution < -0.4 is 9.46 Å². The van der Waals surface area contributed by atoms with Gasteiger partial charge in [0.25, 0.3) is 10.2 Å². The predicted molar refractivity (Wildman–Crippen MR) is 93.4 cm³/mol. The molecule has 1 fully saturated rings. The highest BCUT2D eigenvalue weighted by Crippen LogP contribution is 2.26. The molecule has 24 heavy (non-hydrogen) atoms. The van der Waals surface area contributed by atoms with E-state index in [1.54, 1.807) is 7.11 Å². The number of β-amino-alcohol motifs (C(OH)–C–C–N with tert-alkyl or cyclic N) is 1. The number of hydrogen-bond donors (Lipinski definition) is 2. The Balaban J connectivity index is 1.95. The van der Waals surface area contributed by atoms with Gasteiger partial charge in [-0.05, 0) is 24.1 Å². The van der Waals surface area contributed by atoms with Gasteiger partial charge in [-0.1, -0.05) is 17.7 Å². The smallest absolute Gasteiger partial charge is 0.279 e. The maximum atomic E-state index is 11.9. The summed E-state index contributed by atoms with van der Waals surface area (Å²) >= 11 is 6.13. The first kappa shape index (κ1) is 19.4. The van der Waals surface area contributed by atoms with Crippen LogP contribution in [0, 0.1) is 0 Å². The summed E-state index contributed by atoms with van der Waals surface area (Å²) < 4.78 is 32.5. The van der Waals surface area contributed by atoms with Gasteiger partial charge in [0.15, 0.2) is 0 Å². The highest BCUT2D eigenvalue weighted by atomic mass is 35.5. The number of methoxy groups -OCH3 is 1. The summed E-state index contributed by atoms with van der Waals surface area (Å²) in [7, 11) is 0.931. The zero-order chi connectivity index (χ0) is 17.9. The van der Waals surface area contributed by atoms with Crippen molar-refractivity contribution in [3.63, 3.8) is 0 Å². The molecular weight excluding hydrogens is 354 g/mol. The van der Waals surface area contributed by atoms with Crippen LogP contribution in [0.15, 0.2) is 18.2 Å². The summed E-state index contributed by atoms with van der Waals surface area (Å²) in [5.41, 5.74) is 1.01. The van der Waals surface area contributed by atoms with E-state index in [0.29, 0.717) is 36.8 Å². The number of halogens is 1. The van der Waals surface area contributed by atoms with Gasteiger partial charge in [0.2, 0.25) is 0 Å². The quantitative estimate of drug-likeness (QED) is 0.761. The van der Waals surface area contributed by atoms with Crippen molar-refractivity contribution in [3.05, 3.63) is 28.8 Å². The van der Waals surface area contributed by atoms with E-state index in [9.17, 15) is 13.5 Å². The van der Waals surface area contributed by atoms with Crippen molar-refractivity contribution in [2.24, 2.45) is 0 Å². The van der Waals surface area contributed by atoms with Crippen molar-refractivity contribution >= 4 is 21.8 Å². The average molecular weight is 378 g/mol. The average Bonchev–Trinajstić information content (AvgIpc) is 2.50. The van der Waals surface area contributed by atoms with Crippen LogP contribution in [0.1, 0.15) is 12.0 Å². The van der Waals surface area contributed by atoms with Crippen LogP contribution in [0.4, 0.5) is 0 Å². The normalized spacial score (nSPS) is 22.8. The van der Waals surface area contributed by atoms with Gasteiger partial charge in [-0.3, -0.25) is 4.90 Å². The molecule has 1 aliphatic heterocycles. The summed E-state index contributed by atoms with van der Waals surface area (Å²) in [5, 5.41) is 10.8. The first-order chi connectivity index (χ1) is 11.2. The number of benzene rings is 1. The van der Waals surface area contributed by atoms with E-state index in [1.165, 1.54) is 14.1 Å². The highest BCUT2D eigenvalue weighted by molar-refractivity contribution is 7.87. The third-order valence-corrected chi connectivity index (χ3v) is 5.93. The Morgan fingerprint density at radius 2 is 2.17 bits per heavy atom. The van der Waals surface area contributed by atoms with E-state index in [4.69, 9.17) is 16.3 Å². The summed E-state index contributed by atoms with van der Waals surface area (Å²) in [6, 6.07) is 5.10. The lowest BCUT2D eigenvalue weighted by atomic mass is 10.0. The topological polar surface area (TPSA) is 82.1 Å². The molecule has 9 heteroatoms. The first-order valence-electron chi connectivity index (χ1n) is 7.65. The lowest BCUT2D eigenvalue weighted by Gasteiger charge is -2.36. The SMILES string of the molecule is COc1ccc(CN2CC[C@@H](NS(=O)(=O)N(C)C)[C@H](O)C2)cc1Cl. The second kappa shape index (κ2) is 7.99. The molecule has 1 aliphatic rings. The number of piperidine rings is 1. The summed E-state index contributed by atoms with van der Waals surface area (Å²) in [4.78, 5) is 2.07. The fourth-order valence-corrected chi connectivity index (χ4v) is 3.79. The third-order valence-electron chi connectivity index (χ3n) is 4.07. The van der Waals surface area contributed by atoms with E-state index >= 15 is 0 Å². The largest absolute Gasteiger partial charge is 0.495 e. The number of ether oxygens (including phenoxy) is 1. The Morgan fingerprint density at radius 3 is 2.71 bits per heavy atom. The number of aliphatic hydroxyl groups is 1. The van der Waals surface area contributed by atoms with Gasteiger partial charge in [0.05, 0.1) is 24.3 Å². The van der Waals surface area contributed by atoms with E-state index in [-0.39, 0.29) is 0 Å². The second-order valence-electron chi connectivity index (χ2n) is 6.07. The van der Waals surface area contributed by atoms with Crippen molar-refractivity contribution in [2.75, 3.05) is 34.3 Å². The standard InChI is InChI=1S/C15H24ClN3O4S/c1-18(2)24(21,22)17-13-6-7-19(10-14(13)20)9-11-4-5-15(23-3)12(16)8-11/h4-5,8,13-14,17,20H,6-7,9-10H2,1-3H3/t13-,14-/m1/s1. The van der Waals surface area contributed by atoms with Crippen molar-refractivity contribution in [1.29, 1.82) is 0 Å². The molecule has 0 saturated carbocycles. The van der Waals surface area contributed by atoms with Crippen molar-refractivity contribution in [3.8, 4) is 5.75 Å². The van der Waals surface area contributed by atoms with Gasteiger partial charge in [-0.15, -0.1) is 0 Å². The molecule has 1 aromatic carbocycles. The molecule has 2 N–H and O–H groups in total. The summed E-state index contributed by atoms with van der Waals surface area (Å²) in [6.07, 6.45) is -0.222. The minimum Gasteiger partial charge on any atom is -0.495 e. The van der Waals surface area contributed by atoms with Crippen LogP contribution in [0.25, 0.3) is 0 Å². The van der Waals surface area contributed by atoms with Gasteiger partial charge in [-0.25, -0.2) is 0 Å². The number of nitrogens with zero attached hydrogens (tertiary/aromatic N) is 2. The van der Waals surface area contributed by atoms with E-state index in [1.807, 2.05) is 18.2 Å². The van der Waals surface area contributed by atoms with Crippen molar-refractivity contribution < 1.29 is 18.3 Å². The molecule has 1 saturated heterocycles. The summed E-state index contributed by atoms with van der Waals surface area (Å²) in [5.74, 6) is 0.622. The van der Waals surface area contributed by atoms with Crippen LogP contribution in [0.2, 0.25) is 5.02 Å². The summed E-state index contributed by atoms with van der Waals surface area (Å²) in [6.45, 7) is 1.71. The van der Waals surface area contributed by atoms with Crippen LogP contribution in [-0.4, -0.2) is 69.2 Å². The lowest BCUT2D eigenvalue weighted by Crippen LogP contribution is -2.55. The maximum absolute atomic E-state index is 11.9. The van der Waals surface area contributed by atoms with Gasteiger partial charge < -0.3 is 9.84 Å². The predicted octanol–water partition coefficient (Wildman–Crippen LogP) is 0.680. The molecule has 2 rings (SSSR count). The lowest BCUT2D eigenvalue weighted by molar-refractivity contribution is 0.0441. The Morgan fingerprint density at radius 1 is 1.46 bits per heavy atom. The first-order valence-corrected chi connectivity index (χ1v) is 9.47. The Labute approximate surface area is 148 Å². The number of hydrogen-bond acceptors (Lipinski definition) is 5. The monoisotopic (exact) mass is 377 g/mol. The minimum atomic E-state index is -3.55. The highest BCUT2D eigenvalue weighted by Gasteiger charge is 2.31.